The molecule has 0 radical (unpaired) electrons. The first kappa shape index (κ1) is 18.6. The van der Waals surface area contributed by atoms with Crippen LogP contribution in [-0.2, 0) is 15.3 Å². The molecule has 27 heavy (non-hydrogen) atoms. The number of carbonyl (C=O) groups is 1. The van der Waals surface area contributed by atoms with Crippen LogP contribution in [0.4, 0.5) is 4.39 Å². The van der Waals surface area contributed by atoms with E-state index >= 15 is 0 Å². The maximum Gasteiger partial charge on any atom is 0.372 e. The van der Waals surface area contributed by atoms with E-state index in [9.17, 15) is 24.5 Å². The van der Waals surface area contributed by atoms with Crippen LogP contribution in [0.15, 0.2) is 78.9 Å². The van der Waals surface area contributed by atoms with Crippen LogP contribution in [0.1, 0.15) is 22.8 Å². The van der Waals surface area contributed by atoms with Crippen molar-refractivity contribution in [2.75, 3.05) is 0 Å². The summed E-state index contributed by atoms with van der Waals surface area (Å²) in [6.45, 7) is 0. The number of phenolic OH excluding ortho intramolecular Hbond substituents is 1. The maximum atomic E-state index is 13.2. The third kappa shape index (κ3) is 3.97. The topological polar surface area (TPSA) is 87.0 Å². The number of benzene rings is 3. The summed E-state index contributed by atoms with van der Waals surface area (Å²) in [5.41, 5.74) is 0.857. The molecule has 0 atom stereocenters. The van der Waals surface area contributed by atoms with Gasteiger partial charge in [0.2, 0.25) is 0 Å². The van der Waals surface area contributed by atoms with Crippen molar-refractivity contribution in [3.63, 3.8) is 0 Å². The highest BCUT2D eigenvalue weighted by atomic mass is 19.1. The van der Waals surface area contributed by atoms with Crippen LogP contribution < -0.4 is 0 Å². The van der Waals surface area contributed by atoms with Gasteiger partial charge in [-0.15, -0.1) is 0 Å². The van der Waals surface area contributed by atoms with E-state index in [-0.39, 0.29) is 0 Å². The molecule has 0 aliphatic rings. The highest BCUT2D eigenvalue weighted by Crippen LogP contribution is 2.31. The molecule has 138 valence electrons. The third-order valence-electron chi connectivity index (χ3n) is 4.06. The fourth-order valence-corrected chi connectivity index (χ4v) is 2.62. The minimum absolute atomic E-state index is 0.411. The van der Waals surface area contributed by atoms with E-state index in [0.717, 1.165) is 18.2 Å². The summed E-state index contributed by atoms with van der Waals surface area (Å²) in [5, 5.41) is 30.0. The van der Waals surface area contributed by atoms with Crippen molar-refractivity contribution in [2.24, 2.45) is 0 Å². The van der Waals surface area contributed by atoms with Crippen molar-refractivity contribution in [2.45, 2.75) is 11.9 Å². The average molecular weight is 368 g/mol. The molecule has 0 aromatic heterocycles. The van der Waals surface area contributed by atoms with Gasteiger partial charge in [-0.05, 0) is 29.3 Å². The molecule has 0 aliphatic heterocycles. The molecule has 0 spiro atoms. The Morgan fingerprint density at radius 3 is 1.89 bits per heavy atom. The first-order chi connectivity index (χ1) is 12.9. The zero-order valence-corrected chi connectivity index (χ0v) is 14.1. The van der Waals surface area contributed by atoms with Gasteiger partial charge in [-0.2, -0.15) is 0 Å². The molecule has 0 heterocycles. The van der Waals surface area contributed by atoms with E-state index in [1.54, 1.807) is 60.7 Å². The minimum Gasteiger partial charge on any atom is -0.505 e. The molecule has 0 fully saturated rings. The van der Waals surface area contributed by atoms with Gasteiger partial charge in [0.05, 0.1) is 0 Å². The Morgan fingerprint density at radius 2 is 1.41 bits per heavy atom. The largest absolute Gasteiger partial charge is 0.505 e. The number of aromatic hydroxyl groups is 1. The van der Waals surface area contributed by atoms with E-state index in [1.807, 2.05) is 0 Å². The second kappa shape index (κ2) is 7.57. The normalized spacial score (nSPS) is 11.4. The second-order valence-corrected chi connectivity index (χ2v) is 5.95. The Balaban J connectivity index is 1.93. The van der Waals surface area contributed by atoms with Crippen molar-refractivity contribution in [3.8, 4) is 5.75 Å². The van der Waals surface area contributed by atoms with E-state index in [0.29, 0.717) is 11.1 Å². The molecule has 3 aromatic rings. The summed E-state index contributed by atoms with van der Waals surface area (Å²) >= 11 is 0. The predicted octanol–water partition coefficient (Wildman–Crippen LogP) is 3.00. The number of carbonyl (C=O) groups excluding carboxylic acids is 1. The van der Waals surface area contributed by atoms with Crippen LogP contribution >= 0.6 is 0 Å². The Kier molecular flexibility index (Phi) is 5.21. The standard InChI is InChI=1S/C21H17FO5/c22-17-12-11-16(13-18(17)23)21(25,26)20(24)27-19(14-7-3-1-4-8-14)15-9-5-2-6-10-15/h1-13,19,23,25-26H. The summed E-state index contributed by atoms with van der Waals surface area (Å²) < 4.78 is 18.6. The molecule has 0 saturated carbocycles. The van der Waals surface area contributed by atoms with Crippen molar-refractivity contribution < 1.29 is 29.2 Å². The summed E-state index contributed by atoms with van der Waals surface area (Å²) in [7, 11) is 0. The lowest BCUT2D eigenvalue weighted by molar-refractivity contribution is -0.217. The third-order valence-corrected chi connectivity index (χ3v) is 4.06. The maximum absolute atomic E-state index is 13.2. The smallest absolute Gasteiger partial charge is 0.372 e. The Morgan fingerprint density at radius 1 is 0.889 bits per heavy atom. The number of phenols is 1. The van der Waals surface area contributed by atoms with Crippen molar-refractivity contribution >= 4 is 5.97 Å². The number of esters is 1. The molecule has 0 aliphatic carbocycles. The van der Waals surface area contributed by atoms with E-state index in [1.165, 1.54) is 0 Å². The van der Waals surface area contributed by atoms with Crippen LogP contribution in [-0.4, -0.2) is 21.3 Å². The van der Waals surface area contributed by atoms with E-state index in [2.05, 4.69) is 0 Å². The van der Waals surface area contributed by atoms with Crippen LogP contribution in [0.2, 0.25) is 0 Å². The number of rotatable bonds is 5. The molecule has 0 bridgehead atoms. The molecule has 6 heteroatoms. The molecule has 0 saturated heterocycles. The number of ether oxygens (including phenoxy) is 1. The number of hydrogen-bond donors (Lipinski definition) is 3. The lowest BCUT2D eigenvalue weighted by atomic mass is 10.0. The molecule has 3 rings (SSSR count). The van der Waals surface area contributed by atoms with Crippen molar-refractivity contribution in [3.05, 3.63) is 101 Å². The monoisotopic (exact) mass is 368 g/mol. The molecule has 3 N–H and O–H groups in total. The van der Waals surface area contributed by atoms with Crippen LogP contribution in [0.5, 0.6) is 5.75 Å². The quantitative estimate of drug-likeness (QED) is 0.476. The van der Waals surface area contributed by atoms with Gasteiger partial charge < -0.3 is 20.1 Å². The van der Waals surface area contributed by atoms with Gasteiger partial charge in [0.25, 0.3) is 5.79 Å². The number of aliphatic hydroxyl groups is 2. The van der Waals surface area contributed by atoms with Gasteiger partial charge >= 0.3 is 5.97 Å². The predicted molar refractivity (Wildman–Crippen MR) is 95.0 cm³/mol. The van der Waals surface area contributed by atoms with Crippen LogP contribution in [0.3, 0.4) is 0 Å². The molecule has 3 aromatic carbocycles. The number of halogens is 1. The van der Waals surface area contributed by atoms with Crippen molar-refractivity contribution in [1.82, 2.24) is 0 Å². The van der Waals surface area contributed by atoms with Gasteiger partial charge in [-0.1, -0.05) is 60.7 Å². The van der Waals surface area contributed by atoms with Crippen molar-refractivity contribution in [1.29, 1.82) is 0 Å². The fourth-order valence-electron chi connectivity index (χ4n) is 2.62. The first-order valence-corrected chi connectivity index (χ1v) is 8.14. The highest BCUT2D eigenvalue weighted by molar-refractivity contribution is 5.79. The lowest BCUT2D eigenvalue weighted by Gasteiger charge is -2.25. The Bertz CT molecular complexity index is 886. The first-order valence-electron chi connectivity index (χ1n) is 8.14. The second-order valence-electron chi connectivity index (χ2n) is 5.95. The molecular weight excluding hydrogens is 351 g/mol. The summed E-state index contributed by atoms with van der Waals surface area (Å²) in [6, 6.07) is 20.2. The molecule has 5 nitrogen and oxygen atoms in total. The summed E-state index contributed by atoms with van der Waals surface area (Å²) in [4.78, 5) is 12.5. The molecule has 0 amide bonds. The average Bonchev–Trinajstić information content (AvgIpc) is 2.69. The minimum atomic E-state index is -3.06. The van der Waals surface area contributed by atoms with E-state index in [4.69, 9.17) is 4.74 Å². The fraction of sp³-hybridized carbons (Fsp3) is 0.0952. The number of hydrogen-bond acceptors (Lipinski definition) is 5. The Labute approximate surface area is 154 Å². The zero-order chi connectivity index (χ0) is 19.4. The Hall–Kier alpha value is -3.22. The van der Waals surface area contributed by atoms with Gasteiger partial charge in [-0.25, -0.2) is 9.18 Å². The highest BCUT2D eigenvalue weighted by Gasteiger charge is 2.40. The summed E-state index contributed by atoms with van der Waals surface area (Å²) in [5.74, 6) is -6.18. The van der Waals surface area contributed by atoms with Gasteiger partial charge in [0.1, 0.15) is 0 Å². The van der Waals surface area contributed by atoms with Crippen LogP contribution in [0, 0.1) is 5.82 Å². The van der Waals surface area contributed by atoms with Gasteiger partial charge in [-0.3, -0.25) is 0 Å². The van der Waals surface area contributed by atoms with Gasteiger partial charge in [0, 0.05) is 5.56 Å². The SMILES string of the molecule is O=C(OC(c1ccccc1)c1ccccc1)C(O)(O)c1ccc(F)c(O)c1. The zero-order valence-electron chi connectivity index (χ0n) is 14.1. The van der Waals surface area contributed by atoms with Gasteiger partial charge in [0.15, 0.2) is 17.7 Å². The molecule has 0 unspecified atom stereocenters. The van der Waals surface area contributed by atoms with Crippen LogP contribution in [0.25, 0.3) is 0 Å². The van der Waals surface area contributed by atoms with E-state index < -0.39 is 35.0 Å². The summed E-state index contributed by atoms with van der Waals surface area (Å²) in [6.07, 6.45) is -0.882. The lowest BCUT2D eigenvalue weighted by Crippen LogP contribution is -2.38. The molecular formula is C21H17FO5.